The van der Waals surface area contributed by atoms with Gasteiger partial charge in [0.1, 0.15) is 12.4 Å². The maximum absolute atomic E-state index is 13.6. The van der Waals surface area contributed by atoms with Gasteiger partial charge < -0.3 is 14.5 Å². The van der Waals surface area contributed by atoms with Crippen molar-refractivity contribution in [2.45, 2.75) is 58.3 Å². The third-order valence-electron chi connectivity index (χ3n) is 7.32. The first-order valence-corrected chi connectivity index (χ1v) is 13.2. The van der Waals surface area contributed by atoms with Gasteiger partial charge in [-0.2, -0.15) is 0 Å². The lowest BCUT2D eigenvalue weighted by Gasteiger charge is -2.42. The molecule has 2 aliphatic rings. The first kappa shape index (κ1) is 23.8. The minimum Gasteiger partial charge on any atom is -0.491 e. The number of benzene rings is 1. The lowest BCUT2D eigenvalue weighted by Crippen LogP contribution is -2.51. The predicted molar refractivity (Wildman–Crippen MR) is 133 cm³/mol. The van der Waals surface area contributed by atoms with Crippen molar-refractivity contribution in [2.24, 2.45) is 5.41 Å². The van der Waals surface area contributed by atoms with E-state index in [0.29, 0.717) is 26.2 Å². The Bertz CT molecular complexity index is 962. The van der Waals surface area contributed by atoms with Crippen LogP contribution in [0.1, 0.15) is 66.2 Å². The molecule has 2 aromatic rings. The van der Waals surface area contributed by atoms with E-state index in [1.54, 1.807) is 11.3 Å². The zero-order valence-electron chi connectivity index (χ0n) is 20.0. The van der Waals surface area contributed by atoms with E-state index in [-0.39, 0.29) is 17.2 Å². The number of hydrogen-bond donors (Lipinski definition) is 0. The predicted octanol–water partition coefficient (Wildman–Crippen LogP) is 5.19. The summed E-state index contributed by atoms with van der Waals surface area (Å²) in [6.45, 7) is 4.49. The van der Waals surface area contributed by atoms with E-state index in [1.165, 1.54) is 10.4 Å². The van der Waals surface area contributed by atoms with Gasteiger partial charge in [-0.3, -0.25) is 9.59 Å². The molecule has 6 heteroatoms. The summed E-state index contributed by atoms with van der Waals surface area (Å²) in [5.74, 6) is 1.27. The van der Waals surface area contributed by atoms with Crippen LogP contribution in [0.2, 0.25) is 0 Å². The van der Waals surface area contributed by atoms with Gasteiger partial charge in [-0.15, -0.1) is 11.3 Å². The second-order valence-electron chi connectivity index (χ2n) is 9.47. The van der Waals surface area contributed by atoms with Crippen molar-refractivity contribution in [2.75, 3.05) is 33.3 Å². The molecule has 178 valence electrons. The molecule has 0 radical (unpaired) electrons. The Morgan fingerprint density at radius 1 is 1.09 bits per heavy atom. The molecule has 1 spiro atoms. The number of para-hydroxylation sites is 1. The smallest absolute Gasteiger partial charge is 0.254 e. The van der Waals surface area contributed by atoms with Crippen molar-refractivity contribution >= 4 is 23.2 Å². The molecule has 0 atom stereocenters. The molecule has 3 heterocycles. The molecule has 1 fully saturated rings. The van der Waals surface area contributed by atoms with Gasteiger partial charge in [0.2, 0.25) is 5.91 Å². The van der Waals surface area contributed by atoms with Crippen molar-refractivity contribution in [3.8, 4) is 5.75 Å². The third-order valence-corrected chi connectivity index (χ3v) is 8.40. The minimum atomic E-state index is -0.365. The number of nitrogens with zero attached hydrogens (tertiary/aromatic N) is 2. The average Bonchev–Trinajstić information content (AvgIpc) is 3.33. The standard InChI is InChI=1S/C27H36N2O3S/c1-3-23-19-22(20-33-23)25(30)29-15-13-27(14-16-29)12-8-4-5-9-21-10-6-7-11-24(21)32-18-17-28(2)26(27)31/h6-7,10-11,19-20H,3-5,8-9,12-18H2,1-2H3. The Kier molecular flexibility index (Phi) is 7.74. The van der Waals surface area contributed by atoms with Crippen molar-refractivity contribution < 1.29 is 14.3 Å². The summed E-state index contributed by atoms with van der Waals surface area (Å²) in [5.41, 5.74) is 1.69. The number of thiophene rings is 1. The topological polar surface area (TPSA) is 49.9 Å². The fraction of sp³-hybridized carbons (Fsp3) is 0.556. The average molecular weight is 469 g/mol. The fourth-order valence-corrected chi connectivity index (χ4v) is 5.98. The van der Waals surface area contributed by atoms with Crippen LogP contribution in [0, 0.1) is 5.41 Å². The summed E-state index contributed by atoms with van der Waals surface area (Å²) in [5, 5.41) is 1.97. The maximum atomic E-state index is 13.6. The second kappa shape index (κ2) is 10.7. The molecule has 0 bridgehead atoms. The summed E-state index contributed by atoms with van der Waals surface area (Å²) >= 11 is 1.65. The van der Waals surface area contributed by atoms with Crippen molar-refractivity contribution in [1.29, 1.82) is 0 Å². The highest BCUT2D eigenvalue weighted by Gasteiger charge is 2.43. The Morgan fingerprint density at radius 2 is 1.88 bits per heavy atom. The van der Waals surface area contributed by atoms with Crippen LogP contribution >= 0.6 is 11.3 Å². The molecule has 5 nitrogen and oxygen atoms in total. The van der Waals surface area contributed by atoms with Gasteiger partial charge in [0, 0.05) is 30.4 Å². The third kappa shape index (κ3) is 5.43. The highest BCUT2D eigenvalue weighted by Crippen LogP contribution is 2.39. The lowest BCUT2D eigenvalue weighted by atomic mass is 9.73. The van der Waals surface area contributed by atoms with Crippen LogP contribution < -0.4 is 4.74 Å². The molecule has 0 unspecified atom stereocenters. The van der Waals surface area contributed by atoms with Gasteiger partial charge in [-0.05, 0) is 56.2 Å². The van der Waals surface area contributed by atoms with Crippen molar-refractivity contribution in [1.82, 2.24) is 9.80 Å². The number of likely N-dealkylation sites (tertiary alicyclic amines) is 1. The Morgan fingerprint density at radius 3 is 2.64 bits per heavy atom. The molecule has 1 saturated heterocycles. The lowest BCUT2D eigenvalue weighted by molar-refractivity contribution is -0.144. The molecule has 0 aliphatic carbocycles. The van der Waals surface area contributed by atoms with E-state index < -0.39 is 0 Å². The number of ether oxygens (including phenoxy) is 1. The highest BCUT2D eigenvalue weighted by atomic mass is 32.1. The van der Waals surface area contributed by atoms with Crippen LogP contribution in [-0.2, 0) is 17.6 Å². The molecule has 0 saturated carbocycles. The molecule has 2 amide bonds. The summed E-state index contributed by atoms with van der Waals surface area (Å²) < 4.78 is 6.06. The van der Waals surface area contributed by atoms with Crippen molar-refractivity contribution in [3.05, 3.63) is 51.7 Å². The number of fused-ring (bicyclic) bond motifs is 1. The number of amides is 2. The molecular formula is C27H36N2O3S. The van der Waals surface area contributed by atoms with Gasteiger partial charge in [-0.1, -0.05) is 38.0 Å². The van der Waals surface area contributed by atoms with Gasteiger partial charge in [0.25, 0.3) is 5.91 Å². The number of piperidine rings is 1. The highest BCUT2D eigenvalue weighted by molar-refractivity contribution is 7.10. The van der Waals surface area contributed by atoms with E-state index in [0.717, 1.165) is 62.7 Å². The molecule has 1 aromatic heterocycles. The SMILES string of the molecule is CCc1cc(C(=O)N2CCC3(CCCCCc4ccccc4OCCN(C)C3=O)CC2)cs1. The van der Waals surface area contributed by atoms with Crippen LogP contribution in [0.4, 0.5) is 0 Å². The number of likely N-dealkylation sites (N-methyl/N-ethyl adjacent to an activating group) is 1. The van der Waals surface area contributed by atoms with Crippen LogP contribution in [0.3, 0.4) is 0 Å². The Hall–Kier alpha value is -2.34. The van der Waals surface area contributed by atoms with Crippen LogP contribution in [-0.4, -0.2) is 54.9 Å². The monoisotopic (exact) mass is 468 g/mol. The van der Waals surface area contributed by atoms with E-state index in [2.05, 4.69) is 19.1 Å². The zero-order valence-corrected chi connectivity index (χ0v) is 20.8. The van der Waals surface area contributed by atoms with E-state index in [4.69, 9.17) is 4.74 Å². The van der Waals surface area contributed by atoms with Crippen LogP contribution in [0.5, 0.6) is 5.75 Å². The van der Waals surface area contributed by atoms with Gasteiger partial charge in [-0.25, -0.2) is 0 Å². The normalized spacial score (nSPS) is 19.8. The minimum absolute atomic E-state index is 0.109. The van der Waals surface area contributed by atoms with Gasteiger partial charge >= 0.3 is 0 Å². The molecule has 33 heavy (non-hydrogen) atoms. The molecule has 0 N–H and O–H groups in total. The number of hydrogen-bond acceptors (Lipinski definition) is 4. The van der Waals surface area contributed by atoms with Crippen LogP contribution in [0.25, 0.3) is 0 Å². The maximum Gasteiger partial charge on any atom is 0.254 e. The molecule has 1 aromatic carbocycles. The summed E-state index contributed by atoms with van der Waals surface area (Å²) in [6.07, 6.45) is 7.60. The molecule has 4 rings (SSSR count). The number of carbonyl (C=O) groups is 2. The zero-order chi connectivity index (χ0) is 23.3. The Labute approximate surface area is 201 Å². The van der Waals surface area contributed by atoms with Crippen LogP contribution in [0.15, 0.2) is 35.7 Å². The Balaban J connectivity index is 1.43. The first-order chi connectivity index (χ1) is 16.0. The van der Waals surface area contributed by atoms with E-state index in [9.17, 15) is 9.59 Å². The second-order valence-corrected chi connectivity index (χ2v) is 10.5. The van der Waals surface area contributed by atoms with Crippen molar-refractivity contribution in [3.63, 3.8) is 0 Å². The molecule has 2 aliphatic heterocycles. The number of aryl methyl sites for hydroxylation is 2. The molecular weight excluding hydrogens is 432 g/mol. The van der Waals surface area contributed by atoms with Gasteiger partial charge in [0.05, 0.1) is 17.5 Å². The largest absolute Gasteiger partial charge is 0.491 e. The number of rotatable bonds is 2. The number of carbonyl (C=O) groups excluding carboxylic acids is 2. The summed E-state index contributed by atoms with van der Waals surface area (Å²) in [6, 6.07) is 10.3. The fourth-order valence-electron chi connectivity index (χ4n) is 5.18. The summed E-state index contributed by atoms with van der Waals surface area (Å²) in [7, 11) is 1.90. The van der Waals surface area contributed by atoms with E-state index in [1.807, 2.05) is 40.4 Å². The first-order valence-electron chi connectivity index (χ1n) is 12.4. The quantitative estimate of drug-likeness (QED) is 0.610. The van der Waals surface area contributed by atoms with E-state index >= 15 is 0 Å². The van der Waals surface area contributed by atoms with Gasteiger partial charge in [0.15, 0.2) is 0 Å². The summed E-state index contributed by atoms with van der Waals surface area (Å²) in [4.78, 5) is 31.7.